The van der Waals surface area contributed by atoms with Crippen molar-refractivity contribution >= 4 is 11.8 Å². The van der Waals surface area contributed by atoms with E-state index in [4.69, 9.17) is 15.6 Å². The van der Waals surface area contributed by atoms with Crippen molar-refractivity contribution in [2.45, 2.75) is 63.1 Å². The molecule has 1 saturated carbocycles. The van der Waals surface area contributed by atoms with E-state index in [1.807, 2.05) is 15.6 Å². The summed E-state index contributed by atoms with van der Waals surface area (Å²) >= 11 is 0. The summed E-state index contributed by atoms with van der Waals surface area (Å²) in [6.07, 6.45) is 7.69. The molecule has 3 aliphatic rings. The highest BCUT2D eigenvalue weighted by molar-refractivity contribution is 5.75. The van der Waals surface area contributed by atoms with E-state index in [2.05, 4.69) is 15.3 Å². The highest BCUT2D eigenvalue weighted by Gasteiger charge is 2.47. The van der Waals surface area contributed by atoms with Crippen molar-refractivity contribution in [3.05, 3.63) is 53.6 Å². The fourth-order valence-electron chi connectivity index (χ4n) is 5.63. The van der Waals surface area contributed by atoms with Crippen LogP contribution in [0.25, 0.3) is 11.3 Å². The van der Waals surface area contributed by atoms with E-state index in [1.54, 1.807) is 12.3 Å². The minimum Gasteiger partial charge on any atom is -0.482 e. The Morgan fingerprint density at radius 1 is 1.19 bits per heavy atom. The third kappa shape index (κ3) is 4.15. The number of likely N-dealkylation sites (tertiary alicyclic amines) is 1. The number of amides is 2. The molecule has 0 aromatic carbocycles. The van der Waals surface area contributed by atoms with Gasteiger partial charge in [-0.15, -0.1) is 0 Å². The fourth-order valence-corrected chi connectivity index (χ4v) is 5.63. The SMILES string of the molecule is C[C@@H](Oc1cc(-c2cc3n(n2)CC[C@@]32CCN(C(=O)NC3CCC3)C2)cnc1N)c1c(F)cncc1F. The van der Waals surface area contributed by atoms with Crippen molar-refractivity contribution in [2.24, 2.45) is 0 Å². The zero-order valence-corrected chi connectivity index (χ0v) is 20.6. The molecule has 0 radical (unpaired) electrons. The Kier molecular flexibility index (Phi) is 5.73. The van der Waals surface area contributed by atoms with Crippen LogP contribution in [0.15, 0.2) is 30.7 Å². The van der Waals surface area contributed by atoms with Crippen molar-refractivity contribution in [1.29, 1.82) is 0 Å². The van der Waals surface area contributed by atoms with Gasteiger partial charge in [-0.1, -0.05) is 0 Å². The van der Waals surface area contributed by atoms with Gasteiger partial charge >= 0.3 is 6.03 Å². The average Bonchev–Trinajstić information content (AvgIpc) is 3.54. The van der Waals surface area contributed by atoms with Crippen LogP contribution in [0.2, 0.25) is 0 Å². The monoisotopic (exact) mass is 509 g/mol. The van der Waals surface area contributed by atoms with Crippen LogP contribution in [-0.2, 0) is 12.0 Å². The second-order valence-electron chi connectivity index (χ2n) is 10.3. The summed E-state index contributed by atoms with van der Waals surface area (Å²) in [6.45, 7) is 3.71. The molecule has 2 fully saturated rings. The van der Waals surface area contributed by atoms with Gasteiger partial charge in [-0.25, -0.2) is 18.6 Å². The second-order valence-corrected chi connectivity index (χ2v) is 10.3. The summed E-state index contributed by atoms with van der Waals surface area (Å²) < 4.78 is 36.2. The zero-order chi connectivity index (χ0) is 25.7. The summed E-state index contributed by atoms with van der Waals surface area (Å²) in [7, 11) is 0. The van der Waals surface area contributed by atoms with Gasteiger partial charge in [0.2, 0.25) is 0 Å². The predicted molar refractivity (Wildman–Crippen MR) is 132 cm³/mol. The summed E-state index contributed by atoms with van der Waals surface area (Å²) in [5.41, 5.74) is 8.17. The van der Waals surface area contributed by atoms with Crippen LogP contribution in [0.3, 0.4) is 0 Å². The Balaban J connectivity index is 1.22. The Morgan fingerprint density at radius 3 is 2.68 bits per heavy atom. The molecule has 3 N–H and O–H groups in total. The molecule has 3 aromatic rings. The molecule has 3 aromatic heterocycles. The van der Waals surface area contributed by atoms with Crippen molar-refractivity contribution in [1.82, 2.24) is 30.0 Å². The van der Waals surface area contributed by atoms with Crippen molar-refractivity contribution in [3.63, 3.8) is 0 Å². The van der Waals surface area contributed by atoms with Gasteiger partial charge in [-0.2, -0.15) is 5.10 Å². The van der Waals surface area contributed by atoms with Crippen LogP contribution in [0.5, 0.6) is 5.75 Å². The number of aryl methyl sites for hydroxylation is 1. The van der Waals surface area contributed by atoms with E-state index in [1.165, 1.54) is 13.3 Å². The third-order valence-electron chi connectivity index (χ3n) is 7.98. The van der Waals surface area contributed by atoms with Crippen LogP contribution < -0.4 is 15.8 Å². The van der Waals surface area contributed by atoms with Gasteiger partial charge in [0.05, 0.1) is 23.7 Å². The predicted octanol–water partition coefficient (Wildman–Crippen LogP) is 3.95. The number of hydrogen-bond donors (Lipinski definition) is 2. The van der Waals surface area contributed by atoms with Gasteiger partial charge < -0.3 is 20.7 Å². The van der Waals surface area contributed by atoms with Gasteiger partial charge in [0.1, 0.15) is 6.10 Å². The topological polar surface area (TPSA) is 111 Å². The first-order chi connectivity index (χ1) is 17.8. The molecule has 1 saturated heterocycles. The van der Waals surface area contributed by atoms with E-state index in [0.717, 1.165) is 56.9 Å². The molecule has 0 unspecified atom stereocenters. The number of pyridine rings is 2. The molecule has 37 heavy (non-hydrogen) atoms. The highest BCUT2D eigenvalue weighted by Crippen LogP contribution is 2.44. The van der Waals surface area contributed by atoms with E-state index in [0.29, 0.717) is 23.8 Å². The normalized spacial score (nSPS) is 21.6. The van der Waals surface area contributed by atoms with Gasteiger partial charge in [0.15, 0.2) is 23.2 Å². The van der Waals surface area contributed by atoms with E-state index in [9.17, 15) is 13.6 Å². The van der Waals surface area contributed by atoms with Gasteiger partial charge in [-0.3, -0.25) is 9.67 Å². The van der Waals surface area contributed by atoms with Crippen molar-refractivity contribution in [3.8, 4) is 17.0 Å². The molecule has 5 heterocycles. The maximum atomic E-state index is 14.2. The van der Waals surface area contributed by atoms with E-state index >= 15 is 0 Å². The Hall–Kier alpha value is -3.76. The summed E-state index contributed by atoms with van der Waals surface area (Å²) in [6, 6.07) is 4.07. The number of urea groups is 1. The number of hydrogen-bond acceptors (Lipinski definition) is 6. The Bertz CT molecular complexity index is 1340. The molecule has 2 amide bonds. The van der Waals surface area contributed by atoms with Gasteiger partial charge in [0, 0.05) is 48.5 Å². The standard InChI is InChI=1S/C26H29F2N7O2/c1-15(23-18(27)12-30-13-19(23)28)37-21-9-16(11-31-24(21)29)20-10-22-26(6-8-35(22)33-20)5-7-34(14-26)25(36)32-17-3-2-4-17/h9-13,15,17H,2-8,14H2,1H3,(H2,29,31)(H,32,36)/t15-,26-/m1/s1. The summed E-state index contributed by atoms with van der Waals surface area (Å²) in [5.74, 6) is -1.27. The first kappa shape index (κ1) is 23.6. The molecular weight excluding hydrogens is 480 g/mol. The zero-order valence-electron chi connectivity index (χ0n) is 20.6. The van der Waals surface area contributed by atoms with Crippen LogP contribution in [0.1, 0.15) is 56.4 Å². The summed E-state index contributed by atoms with van der Waals surface area (Å²) in [5, 5.41) is 7.94. The molecule has 1 spiro atoms. The number of aromatic nitrogens is 4. The van der Waals surface area contributed by atoms with Crippen molar-refractivity contribution in [2.75, 3.05) is 18.8 Å². The lowest BCUT2D eigenvalue weighted by Crippen LogP contribution is -2.47. The third-order valence-corrected chi connectivity index (χ3v) is 7.98. The minimum absolute atomic E-state index is 0.0282. The molecule has 194 valence electrons. The Morgan fingerprint density at radius 2 is 1.95 bits per heavy atom. The molecule has 0 bridgehead atoms. The van der Waals surface area contributed by atoms with Crippen LogP contribution in [0, 0.1) is 11.6 Å². The molecule has 1 aliphatic carbocycles. The number of nitrogens with two attached hydrogens (primary N) is 1. The van der Waals surface area contributed by atoms with Gasteiger partial charge in [0.25, 0.3) is 0 Å². The van der Waals surface area contributed by atoms with Crippen molar-refractivity contribution < 1.29 is 18.3 Å². The van der Waals surface area contributed by atoms with Gasteiger partial charge in [-0.05, 0) is 51.2 Å². The minimum atomic E-state index is -0.951. The second kappa shape index (κ2) is 8.97. The number of anilines is 1. The highest BCUT2D eigenvalue weighted by atomic mass is 19.1. The molecular formula is C26H29F2N7O2. The maximum Gasteiger partial charge on any atom is 0.317 e. The lowest BCUT2D eigenvalue weighted by molar-refractivity contribution is 0.193. The number of carbonyl (C=O) groups is 1. The fraction of sp³-hybridized carbons (Fsp3) is 0.462. The molecule has 6 rings (SSSR count). The first-order valence-corrected chi connectivity index (χ1v) is 12.7. The number of nitrogen functional groups attached to an aromatic ring is 1. The Labute approximate surface area is 213 Å². The number of ether oxygens (including phenoxy) is 1. The quantitative estimate of drug-likeness (QED) is 0.539. The van der Waals surface area contributed by atoms with Crippen LogP contribution in [-0.4, -0.2) is 49.8 Å². The number of fused-ring (bicyclic) bond motifs is 2. The number of carbonyl (C=O) groups excluding carboxylic acids is 1. The molecule has 11 heteroatoms. The molecule has 9 nitrogen and oxygen atoms in total. The number of rotatable bonds is 5. The maximum absolute atomic E-state index is 14.2. The number of nitrogens with one attached hydrogen (secondary N) is 1. The smallest absolute Gasteiger partial charge is 0.317 e. The average molecular weight is 510 g/mol. The van der Waals surface area contributed by atoms with E-state index < -0.39 is 17.7 Å². The lowest BCUT2D eigenvalue weighted by Gasteiger charge is -2.30. The largest absolute Gasteiger partial charge is 0.482 e. The molecule has 2 aliphatic heterocycles. The lowest BCUT2D eigenvalue weighted by atomic mass is 9.82. The van der Waals surface area contributed by atoms with Crippen LogP contribution in [0.4, 0.5) is 19.4 Å². The number of halogens is 2. The van der Waals surface area contributed by atoms with E-state index in [-0.39, 0.29) is 28.6 Å². The first-order valence-electron chi connectivity index (χ1n) is 12.7. The number of nitrogens with zero attached hydrogens (tertiary/aromatic N) is 5. The van der Waals surface area contributed by atoms with Crippen LogP contribution >= 0.6 is 0 Å². The summed E-state index contributed by atoms with van der Waals surface area (Å²) in [4.78, 5) is 22.4. The molecule has 2 atom stereocenters.